The molecule has 0 saturated carbocycles. The molecule has 0 bridgehead atoms. The second-order valence-electron chi connectivity index (χ2n) is 3.27. The number of carbonyl (C=O) groups is 1. The summed E-state index contributed by atoms with van der Waals surface area (Å²) in [6.45, 7) is 2.18. The molecular formula is C11H16N2O3S. The summed E-state index contributed by atoms with van der Waals surface area (Å²) in [5, 5.41) is 9.29. The van der Waals surface area contributed by atoms with E-state index in [0.29, 0.717) is 35.1 Å². The molecule has 94 valence electrons. The molecule has 0 aliphatic carbocycles. The van der Waals surface area contributed by atoms with Gasteiger partial charge in [0.2, 0.25) is 0 Å². The van der Waals surface area contributed by atoms with Crippen molar-refractivity contribution in [2.45, 2.75) is 18.4 Å². The molecule has 0 amide bonds. The molecule has 0 spiro atoms. The predicted molar refractivity (Wildman–Crippen MR) is 67.0 cm³/mol. The van der Waals surface area contributed by atoms with E-state index in [-0.39, 0.29) is 6.61 Å². The van der Waals surface area contributed by atoms with Gasteiger partial charge < -0.3 is 15.6 Å². The number of nitrogens with zero attached hydrogens (tertiary/aromatic N) is 1. The van der Waals surface area contributed by atoms with Crippen molar-refractivity contribution in [2.24, 2.45) is 0 Å². The molecule has 1 heterocycles. The van der Waals surface area contributed by atoms with Crippen LogP contribution >= 0.6 is 11.8 Å². The van der Waals surface area contributed by atoms with Crippen molar-refractivity contribution in [3.05, 3.63) is 17.8 Å². The van der Waals surface area contributed by atoms with Crippen LogP contribution < -0.4 is 5.73 Å². The summed E-state index contributed by atoms with van der Waals surface area (Å²) in [4.78, 5) is 15.8. The third kappa shape index (κ3) is 4.24. The number of anilines is 1. The highest BCUT2D eigenvalue weighted by atomic mass is 32.2. The Morgan fingerprint density at radius 3 is 3.06 bits per heavy atom. The first-order valence-corrected chi connectivity index (χ1v) is 6.34. The van der Waals surface area contributed by atoms with Gasteiger partial charge in [-0.2, -0.15) is 0 Å². The molecule has 3 N–H and O–H groups in total. The van der Waals surface area contributed by atoms with Crippen LogP contribution in [0.3, 0.4) is 0 Å². The molecule has 5 nitrogen and oxygen atoms in total. The van der Waals surface area contributed by atoms with E-state index in [9.17, 15) is 4.79 Å². The molecule has 0 aromatic carbocycles. The fourth-order valence-corrected chi connectivity index (χ4v) is 2.06. The van der Waals surface area contributed by atoms with Gasteiger partial charge in [-0.3, -0.25) is 0 Å². The molecule has 17 heavy (non-hydrogen) atoms. The second kappa shape index (κ2) is 7.13. The number of hydrogen-bond donors (Lipinski definition) is 2. The first-order valence-electron chi connectivity index (χ1n) is 5.35. The lowest BCUT2D eigenvalue weighted by molar-refractivity contribution is 0.0521. The Morgan fingerprint density at radius 2 is 2.41 bits per heavy atom. The van der Waals surface area contributed by atoms with E-state index in [1.807, 2.05) is 0 Å². The number of aliphatic hydroxyl groups excluding tert-OH is 1. The van der Waals surface area contributed by atoms with Crippen LogP contribution in [0.15, 0.2) is 17.3 Å². The lowest BCUT2D eigenvalue weighted by Crippen LogP contribution is -2.08. The van der Waals surface area contributed by atoms with Gasteiger partial charge in [0.15, 0.2) is 0 Å². The Morgan fingerprint density at radius 1 is 1.65 bits per heavy atom. The monoisotopic (exact) mass is 256 g/mol. The van der Waals surface area contributed by atoms with Crippen LogP contribution in [-0.4, -0.2) is 35.0 Å². The van der Waals surface area contributed by atoms with E-state index in [4.69, 9.17) is 15.6 Å². The topological polar surface area (TPSA) is 85.4 Å². The number of carbonyl (C=O) groups excluding carboxylic acids is 1. The molecule has 6 heteroatoms. The Hall–Kier alpha value is -1.27. The van der Waals surface area contributed by atoms with Crippen molar-refractivity contribution in [3.8, 4) is 0 Å². The van der Waals surface area contributed by atoms with E-state index in [2.05, 4.69) is 4.98 Å². The third-order valence-electron chi connectivity index (χ3n) is 1.91. The van der Waals surface area contributed by atoms with E-state index in [1.54, 1.807) is 13.0 Å². The third-order valence-corrected chi connectivity index (χ3v) is 3.00. The number of aliphatic hydroxyl groups is 1. The van der Waals surface area contributed by atoms with E-state index < -0.39 is 5.97 Å². The van der Waals surface area contributed by atoms with Crippen molar-refractivity contribution in [1.82, 2.24) is 4.98 Å². The van der Waals surface area contributed by atoms with Gasteiger partial charge in [-0.25, -0.2) is 9.78 Å². The summed E-state index contributed by atoms with van der Waals surface area (Å²) < 4.78 is 4.93. The number of esters is 1. The SMILES string of the molecule is CCOC(=O)c1cc(N)cnc1SCCCO. The largest absolute Gasteiger partial charge is 0.462 e. The van der Waals surface area contributed by atoms with Crippen molar-refractivity contribution in [1.29, 1.82) is 0 Å². The summed E-state index contributed by atoms with van der Waals surface area (Å²) in [7, 11) is 0. The number of pyridine rings is 1. The van der Waals surface area contributed by atoms with Gasteiger partial charge in [0.25, 0.3) is 0 Å². The fraction of sp³-hybridized carbons (Fsp3) is 0.455. The number of rotatable bonds is 6. The first kappa shape index (κ1) is 13.8. The van der Waals surface area contributed by atoms with Gasteiger partial charge in [0, 0.05) is 12.4 Å². The molecule has 0 saturated heterocycles. The fourth-order valence-electron chi connectivity index (χ4n) is 1.17. The number of thioether (sulfide) groups is 1. The van der Waals surface area contributed by atoms with E-state index >= 15 is 0 Å². The summed E-state index contributed by atoms with van der Waals surface area (Å²) >= 11 is 1.41. The zero-order chi connectivity index (χ0) is 12.7. The maximum absolute atomic E-state index is 11.7. The molecule has 0 atom stereocenters. The lowest BCUT2D eigenvalue weighted by atomic mass is 10.3. The lowest BCUT2D eigenvalue weighted by Gasteiger charge is -2.08. The highest BCUT2D eigenvalue weighted by molar-refractivity contribution is 7.99. The van der Waals surface area contributed by atoms with Crippen molar-refractivity contribution >= 4 is 23.4 Å². The zero-order valence-electron chi connectivity index (χ0n) is 9.68. The number of aromatic nitrogens is 1. The molecule has 1 aromatic rings. The van der Waals surface area contributed by atoms with Crippen LogP contribution in [0.2, 0.25) is 0 Å². The molecule has 0 fully saturated rings. The van der Waals surface area contributed by atoms with Crippen LogP contribution in [0.25, 0.3) is 0 Å². The molecule has 0 unspecified atom stereocenters. The minimum atomic E-state index is -0.418. The van der Waals surface area contributed by atoms with Gasteiger partial charge >= 0.3 is 5.97 Å². The standard InChI is InChI=1S/C11H16N2O3S/c1-2-16-11(15)9-6-8(12)7-13-10(9)17-5-3-4-14/h6-7,14H,2-5,12H2,1H3. The smallest absolute Gasteiger partial charge is 0.340 e. The van der Waals surface area contributed by atoms with Crippen molar-refractivity contribution in [2.75, 3.05) is 24.7 Å². The summed E-state index contributed by atoms with van der Waals surface area (Å²) in [6, 6.07) is 1.56. The van der Waals surface area contributed by atoms with E-state index in [0.717, 1.165) is 0 Å². The van der Waals surface area contributed by atoms with Crippen LogP contribution in [-0.2, 0) is 4.74 Å². The molecule has 0 aliphatic heterocycles. The van der Waals surface area contributed by atoms with Crippen LogP contribution in [0, 0.1) is 0 Å². The quantitative estimate of drug-likeness (QED) is 0.453. The Bertz CT molecular complexity index is 385. The average Bonchev–Trinajstić information content (AvgIpc) is 2.31. The van der Waals surface area contributed by atoms with Crippen LogP contribution in [0.4, 0.5) is 5.69 Å². The predicted octanol–water partition coefficient (Wildman–Crippen LogP) is 1.31. The van der Waals surface area contributed by atoms with Crippen LogP contribution in [0.1, 0.15) is 23.7 Å². The first-order chi connectivity index (χ1) is 8.19. The summed E-state index contributed by atoms with van der Waals surface area (Å²) in [5.41, 5.74) is 6.41. The normalized spacial score (nSPS) is 10.2. The van der Waals surface area contributed by atoms with Crippen molar-refractivity contribution in [3.63, 3.8) is 0 Å². The summed E-state index contributed by atoms with van der Waals surface area (Å²) in [5.74, 6) is 0.276. The number of hydrogen-bond acceptors (Lipinski definition) is 6. The van der Waals surface area contributed by atoms with Gasteiger partial charge in [-0.15, -0.1) is 11.8 Å². The van der Waals surface area contributed by atoms with Crippen LogP contribution in [0.5, 0.6) is 0 Å². The molecule has 1 rings (SSSR count). The van der Waals surface area contributed by atoms with Crippen molar-refractivity contribution < 1.29 is 14.6 Å². The molecule has 0 radical (unpaired) electrons. The molecule has 1 aromatic heterocycles. The number of nitrogens with two attached hydrogens (primary N) is 1. The Balaban J connectivity index is 2.83. The van der Waals surface area contributed by atoms with Gasteiger partial charge in [0.1, 0.15) is 5.03 Å². The highest BCUT2D eigenvalue weighted by Crippen LogP contribution is 2.23. The second-order valence-corrected chi connectivity index (χ2v) is 4.35. The van der Waals surface area contributed by atoms with Gasteiger partial charge in [-0.05, 0) is 19.4 Å². The maximum Gasteiger partial charge on any atom is 0.340 e. The molecular weight excluding hydrogens is 240 g/mol. The highest BCUT2D eigenvalue weighted by Gasteiger charge is 2.14. The number of ether oxygens (including phenoxy) is 1. The summed E-state index contributed by atoms with van der Waals surface area (Å²) in [6.07, 6.45) is 2.16. The van der Waals surface area contributed by atoms with E-state index in [1.165, 1.54) is 18.0 Å². The van der Waals surface area contributed by atoms with Gasteiger partial charge in [-0.1, -0.05) is 0 Å². The Kier molecular flexibility index (Phi) is 5.79. The molecule has 0 aliphatic rings. The minimum Gasteiger partial charge on any atom is -0.462 e. The number of nitrogen functional groups attached to an aromatic ring is 1. The maximum atomic E-state index is 11.7. The van der Waals surface area contributed by atoms with Gasteiger partial charge in [0.05, 0.1) is 24.1 Å². The zero-order valence-corrected chi connectivity index (χ0v) is 10.5. The Labute approximate surface area is 104 Å². The average molecular weight is 256 g/mol. The minimum absolute atomic E-state index is 0.122.